The maximum atomic E-state index is 4.21. The molecule has 1 unspecified atom stereocenters. The molecule has 0 aliphatic rings. The molecule has 0 amide bonds. The van der Waals surface area contributed by atoms with Crippen molar-refractivity contribution in [3.8, 4) is 0 Å². The average Bonchev–Trinajstić information content (AvgIpc) is 2.30. The Morgan fingerprint density at radius 2 is 2.00 bits per heavy atom. The van der Waals surface area contributed by atoms with Crippen molar-refractivity contribution in [3.63, 3.8) is 0 Å². The van der Waals surface area contributed by atoms with Gasteiger partial charge in [0.2, 0.25) is 0 Å². The van der Waals surface area contributed by atoms with E-state index in [1.807, 2.05) is 18.7 Å². The van der Waals surface area contributed by atoms with Gasteiger partial charge in [0.15, 0.2) is 0 Å². The van der Waals surface area contributed by atoms with E-state index in [0.29, 0.717) is 5.25 Å². The van der Waals surface area contributed by atoms with Crippen LogP contribution in [0.2, 0.25) is 0 Å². The normalized spacial score (nSPS) is 12.2. The van der Waals surface area contributed by atoms with Crippen LogP contribution in [0, 0.1) is 0 Å². The zero-order valence-corrected chi connectivity index (χ0v) is 12.2. The molecule has 1 aromatic heterocycles. The molecule has 0 bridgehead atoms. The Bertz CT molecular complexity index is 335. The summed E-state index contributed by atoms with van der Waals surface area (Å²) >= 11 is 5.32. The molecular formula is C10H17BrN4S. The molecule has 0 saturated carbocycles. The summed E-state index contributed by atoms with van der Waals surface area (Å²) in [5, 5.41) is 7.04. The molecule has 0 saturated heterocycles. The molecule has 0 aromatic carbocycles. The second-order valence-corrected chi connectivity index (χ2v) is 5.41. The number of thioether (sulfide) groups is 1. The van der Waals surface area contributed by atoms with Gasteiger partial charge in [-0.3, -0.25) is 0 Å². The molecular weight excluding hydrogens is 288 g/mol. The van der Waals surface area contributed by atoms with Crippen molar-refractivity contribution in [2.24, 2.45) is 0 Å². The highest BCUT2D eigenvalue weighted by atomic mass is 79.9. The van der Waals surface area contributed by atoms with Crippen LogP contribution in [0.1, 0.15) is 13.8 Å². The first kappa shape index (κ1) is 13.6. The lowest BCUT2D eigenvalue weighted by Gasteiger charge is -2.13. The van der Waals surface area contributed by atoms with E-state index in [0.717, 1.165) is 29.2 Å². The van der Waals surface area contributed by atoms with E-state index in [2.05, 4.69) is 49.7 Å². The Morgan fingerprint density at radius 3 is 2.56 bits per heavy atom. The lowest BCUT2D eigenvalue weighted by Crippen LogP contribution is -2.14. The number of halogens is 1. The molecule has 0 fully saturated rings. The quantitative estimate of drug-likeness (QED) is 0.846. The first-order valence-electron chi connectivity index (χ1n) is 5.20. The predicted octanol–water partition coefficient (Wildman–Crippen LogP) is 2.83. The van der Waals surface area contributed by atoms with Gasteiger partial charge in [-0.2, -0.15) is 11.8 Å². The number of nitrogens with zero attached hydrogens (tertiary/aromatic N) is 2. The molecule has 0 aliphatic carbocycles. The van der Waals surface area contributed by atoms with Crippen LogP contribution in [-0.2, 0) is 0 Å². The number of hydrogen-bond donors (Lipinski definition) is 2. The minimum atomic E-state index is 0.560. The fraction of sp³-hybridized carbons (Fsp3) is 0.600. The van der Waals surface area contributed by atoms with E-state index in [-0.39, 0.29) is 0 Å². The highest BCUT2D eigenvalue weighted by molar-refractivity contribution is 9.10. The number of hydrogen-bond acceptors (Lipinski definition) is 5. The van der Waals surface area contributed by atoms with Crippen LogP contribution >= 0.6 is 27.7 Å². The van der Waals surface area contributed by atoms with Crippen molar-refractivity contribution < 1.29 is 0 Å². The lowest BCUT2D eigenvalue weighted by molar-refractivity contribution is 0.981. The summed E-state index contributed by atoms with van der Waals surface area (Å²) in [6.07, 6.45) is 3.67. The predicted molar refractivity (Wildman–Crippen MR) is 75.4 cm³/mol. The van der Waals surface area contributed by atoms with Crippen molar-refractivity contribution in [2.45, 2.75) is 19.1 Å². The summed E-state index contributed by atoms with van der Waals surface area (Å²) in [6.45, 7) is 5.95. The topological polar surface area (TPSA) is 49.8 Å². The minimum Gasteiger partial charge on any atom is -0.369 e. The summed E-state index contributed by atoms with van der Waals surface area (Å²) < 4.78 is 0.894. The largest absolute Gasteiger partial charge is 0.369 e. The molecule has 1 rings (SSSR count). The molecule has 1 aromatic rings. The Labute approximate surface area is 109 Å². The van der Waals surface area contributed by atoms with Gasteiger partial charge in [0.1, 0.15) is 22.4 Å². The molecule has 0 aliphatic heterocycles. The maximum Gasteiger partial charge on any atom is 0.145 e. The molecule has 6 heteroatoms. The fourth-order valence-electron chi connectivity index (χ4n) is 1.11. The summed E-state index contributed by atoms with van der Waals surface area (Å²) in [7, 11) is 0. The van der Waals surface area contributed by atoms with Crippen LogP contribution in [0.25, 0.3) is 0 Å². The van der Waals surface area contributed by atoms with Gasteiger partial charge in [0.25, 0.3) is 0 Å². The second kappa shape index (κ2) is 6.96. The summed E-state index contributed by atoms with van der Waals surface area (Å²) in [6, 6.07) is 0. The Kier molecular flexibility index (Phi) is 5.90. The Hall–Kier alpha value is -0.490. The van der Waals surface area contributed by atoms with Crippen LogP contribution in [0.4, 0.5) is 11.6 Å². The zero-order valence-electron chi connectivity index (χ0n) is 9.75. The van der Waals surface area contributed by atoms with Crippen molar-refractivity contribution >= 4 is 39.3 Å². The van der Waals surface area contributed by atoms with Crippen LogP contribution in [0.3, 0.4) is 0 Å². The molecule has 1 heterocycles. The number of rotatable bonds is 6. The van der Waals surface area contributed by atoms with Gasteiger partial charge in [0.05, 0.1) is 0 Å². The van der Waals surface area contributed by atoms with Crippen molar-refractivity contribution in [1.29, 1.82) is 0 Å². The van der Waals surface area contributed by atoms with Gasteiger partial charge in [-0.05, 0) is 29.1 Å². The molecule has 16 heavy (non-hydrogen) atoms. The van der Waals surface area contributed by atoms with Crippen LogP contribution < -0.4 is 10.6 Å². The smallest absolute Gasteiger partial charge is 0.145 e. The lowest BCUT2D eigenvalue weighted by atomic mass is 10.4. The van der Waals surface area contributed by atoms with Gasteiger partial charge < -0.3 is 10.6 Å². The van der Waals surface area contributed by atoms with Gasteiger partial charge in [-0.15, -0.1) is 0 Å². The first-order valence-corrected chi connectivity index (χ1v) is 7.28. The molecule has 4 nitrogen and oxygen atoms in total. The summed E-state index contributed by atoms with van der Waals surface area (Å²) in [5.41, 5.74) is 0. The standard InChI is InChI=1S/C10H17BrN4S/c1-4-12-9-8(11)10(15-6-14-9)13-5-7(2)16-3/h6-7H,4-5H2,1-3H3,(H2,12,13,14,15). The number of anilines is 2. The van der Waals surface area contributed by atoms with Crippen LogP contribution in [0.5, 0.6) is 0 Å². The Morgan fingerprint density at radius 1 is 1.38 bits per heavy atom. The van der Waals surface area contributed by atoms with Crippen molar-refractivity contribution in [1.82, 2.24) is 9.97 Å². The second-order valence-electron chi connectivity index (χ2n) is 3.34. The minimum absolute atomic E-state index is 0.560. The third kappa shape index (κ3) is 3.83. The SMILES string of the molecule is CCNc1ncnc(NCC(C)SC)c1Br. The first-order chi connectivity index (χ1) is 7.69. The zero-order chi connectivity index (χ0) is 12.0. The van der Waals surface area contributed by atoms with E-state index < -0.39 is 0 Å². The van der Waals surface area contributed by atoms with Gasteiger partial charge in [-0.25, -0.2) is 9.97 Å². The van der Waals surface area contributed by atoms with Gasteiger partial charge >= 0.3 is 0 Å². The molecule has 2 N–H and O–H groups in total. The van der Waals surface area contributed by atoms with Crippen LogP contribution in [0.15, 0.2) is 10.8 Å². The number of nitrogens with one attached hydrogen (secondary N) is 2. The van der Waals surface area contributed by atoms with E-state index in [1.165, 1.54) is 0 Å². The summed E-state index contributed by atoms with van der Waals surface area (Å²) in [5.74, 6) is 1.67. The van der Waals surface area contributed by atoms with Gasteiger partial charge in [-0.1, -0.05) is 6.92 Å². The van der Waals surface area contributed by atoms with Crippen LogP contribution in [-0.4, -0.2) is 34.6 Å². The van der Waals surface area contributed by atoms with Crippen molar-refractivity contribution in [3.05, 3.63) is 10.8 Å². The third-order valence-electron chi connectivity index (χ3n) is 2.09. The Balaban J connectivity index is 2.69. The summed E-state index contributed by atoms with van der Waals surface area (Å²) in [4.78, 5) is 8.37. The molecule has 0 radical (unpaired) electrons. The fourth-order valence-corrected chi connectivity index (χ4v) is 1.84. The van der Waals surface area contributed by atoms with E-state index in [1.54, 1.807) is 6.33 Å². The highest BCUT2D eigenvalue weighted by Gasteiger charge is 2.08. The van der Waals surface area contributed by atoms with E-state index >= 15 is 0 Å². The average molecular weight is 305 g/mol. The van der Waals surface area contributed by atoms with Gasteiger partial charge in [0, 0.05) is 18.3 Å². The third-order valence-corrected chi connectivity index (χ3v) is 3.82. The molecule has 1 atom stereocenters. The molecule has 0 spiro atoms. The highest BCUT2D eigenvalue weighted by Crippen LogP contribution is 2.26. The monoisotopic (exact) mass is 304 g/mol. The van der Waals surface area contributed by atoms with Crippen molar-refractivity contribution in [2.75, 3.05) is 30.0 Å². The number of aromatic nitrogens is 2. The molecule has 90 valence electrons. The van der Waals surface area contributed by atoms with E-state index in [9.17, 15) is 0 Å². The maximum absolute atomic E-state index is 4.21. The van der Waals surface area contributed by atoms with E-state index in [4.69, 9.17) is 0 Å².